The zero-order valence-corrected chi connectivity index (χ0v) is 20.8. The third-order valence-corrected chi connectivity index (χ3v) is 6.60. The number of nitrogens with zero attached hydrogens (tertiary/aromatic N) is 3. The van der Waals surface area contributed by atoms with Crippen LogP contribution in [0.5, 0.6) is 11.5 Å². The Morgan fingerprint density at radius 2 is 1.94 bits per heavy atom. The molecule has 0 bridgehead atoms. The molecule has 11 heteroatoms. The summed E-state index contributed by atoms with van der Waals surface area (Å²) >= 11 is 1.16. The lowest BCUT2D eigenvalue weighted by Gasteiger charge is -2.24. The Kier molecular flexibility index (Phi) is 7.02. The second-order valence-electron chi connectivity index (χ2n) is 7.77. The second kappa shape index (κ2) is 10.2. The van der Waals surface area contributed by atoms with Gasteiger partial charge in [0.1, 0.15) is 0 Å². The van der Waals surface area contributed by atoms with Crippen molar-refractivity contribution >= 4 is 29.1 Å². The molecule has 0 unspecified atom stereocenters. The van der Waals surface area contributed by atoms with Gasteiger partial charge in [-0.15, -0.1) is 0 Å². The van der Waals surface area contributed by atoms with E-state index in [0.29, 0.717) is 37.7 Å². The highest BCUT2D eigenvalue weighted by Gasteiger charge is 2.34. The van der Waals surface area contributed by atoms with Crippen molar-refractivity contribution in [1.82, 2.24) is 4.57 Å². The minimum Gasteiger partial charge on any atom is -0.493 e. The summed E-state index contributed by atoms with van der Waals surface area (Å²) in [4.78, 5) is 42.4. The summed E-state index contributed by atoms with van der Waals surface area (Å²) in [6.45, 7) is 3.46. The molecule has 0 spiro atoms. The van der Waals surface area contributed by atoms with Gasteiger partial charge in [0.05, 0.1) is 47.6 Å². The predicted molar refractivity (Wildman–Crippen MR) is 133 cm³/mol. The van der Waals surface area contributed by atoms with E-state index >= 15 is 0 Å². The Morgan fingerprint density at radius 3 is 2.61 bits per heavy atom. The van der Waals surface area contributed by atoms with Gasteiger partial charge in [-0.1, -0.05) is 29.5 Å². The Bertz CT molecular complexity index is 1570. The van der Waals surface area contributed by atoms with Gasteiger partial charge in [-0.2, -0.15) is 0 Å². The molecular weight excluding hydrogens is 486 g/mol. The van der Waals surface area contributed by atoms with Gasteiger partial charge >= 0.3 is 5.97 Å². The number of hydrogen-bond acceptors (Lipinski definition) is 9. The fraction of sp³-hybridized carbons (Fsp3) is 0.240. The number of carbonyl (C=O) groups excluding carboxylic acids is 1. The van der Waals surface area contributed by atoms with Crippen molar-refractivity contribution < 1.29 is 23.9 Å². The molecule has 10 nitrogen and oxygen atoms in total. The summed E-state index contributed by atoms with van der Waals surface area (Å²) in [5.41, 5.74) is 1.09. The number of hydrogen-bond donors (Lipinski definition) is 0. The highest BCUT2D eigenvalue weighted by molar-refractivity contribution is 7.07. The number of nitro benzene ring substituents is 1. The molecule has 1 aromatic heterocycles. The zero-order valence-electron chi connectivity index (χ0n) is 20.0. The van der Waals surface area contributed by atoms with Gasteiger partial charge in [0.15, 0.2) is 16.3 Å². The molecule has 36 heavy (non-hydrogen) atoms. The average Bonchev–Trinajstić information content (AvgIpc) is 3.17. The second-order valence-corrected chi connectivity index (χ2v) is 8.78. The highest BCUT2D eigenvalue weighted by atomic mass is 32.1. The molecule has 1 aliphatic heterocycles. The Balaban J connectivity index is 1.95. The van der Waals surface area contributed by atoms with Crippen LogP contribution >= 0.6 is 11.3 Å². The van der Waals surface area contributed by atoms with Gasteiger partial charge in [0.25, 0.3) is 11.2 Å². The molecule has 2 aromatic carbocycles. The van der Waals surface area contributed by atoms with Gasteiger partial charge in [-0.05, 0) is 43.2 Å². The highest BCUT2D eigenvalue weighted by Crippen LogP contribution is 2.32. The lowest BCUT2D eigenvalue weighted by molar-refractivity contribution is -0.384. The SMILES string of the molecule is CCOC(=O)C1=C(C)N=c2sc(=Cc3ccc(OC)c(OC)c3)c(=O)n2[C@H]1c1cccc([N+](=O)[O-])c1. The number of fused-ring (bicyclic) bond motifs is 1. The van der Waals surface area contributed by atoms with Crippen LogP contribution in [0.3, 0.4) is 0 Å². The van der Waals surface area contributed by atoms with Crippen molar-refractivity contribution in [2.24, 2.45) is 4.99 Å². The molecular formula is C25H23N3O7S. The van der Waals surface area contributed by atoms with E-state index in [1.807, 2.05) is 0 Å². The Labute approximate surface area is 209 Å². The lowest BCUT2D eigenvalue weighted by Crippen LogP contribution is -2.40. The van der Waals surface area contributed by atoms with Crippen LogP contribution in [0.25, 0.3) is 6.08 Å². The first kappa shape index (κ1) is 24.9. The van der Waals surface area contributed by atoms with Crippen molar-refractivity contribution in [3.8, 4) is 11.5 Å². The van der Waals surface area contributed by atoms with E-state index in [-0.39, 0.29) is 23.4 Å². The minimum atomic E-state index is -0.937. The summed E-state index contributed by atoms with van der Waals surface area (Å²) in [5.74, 6) is 0.426. The normalized spacial score (nSPS) is 15.2. The summed E-state index contributed by atoms with van der Waals surface area (Å²) in [7, 11) is 3.06. The van der Waals surface area contributed by atoms with Crippen LogP contribution in [-0.4, -0.2) is 36.3 Å². The molecule has 0 aliphatic carbocycles. The van der Waals surface area contributed by atoms with Crippen LogP contribution in [0.1, 0.15) is 31.0 Å². The smallest absolute Gasteiger partial charge is 0.338 e. The number of aromatic nitrogens is 1. The number of nitro groups is 1. The standard InChI is InChI=1S/C25H23N3O7S/c1-5-35-24(30)21-14(2)26-25-27(22(21)16-7-6-8-17(13-16)28(31)32)23(29)20(36-25)12-15-9-10-18(33-3)19(11-15)34-4/h6-13,22H,5H2,1-4H3/t22-/m0/s1. The molecule has 0 saturated heterocycles. The largest absolute Gasteiger partial charge is 0.493 e. The van der Waals surface area contributed by atoms with Crippen LogP contribution < -0.4 is 24.4 Å². The molecule has 4 rings (SSSR count). The van der Waals surface area contributed by atoms with Crippen molar-refractivity contribution in [3.63, 3.8) is 0 Å². The number of methoxy groups -OCH3 is 2. The number of ether oxygens (including phenoxy) is 3. The van der Waals surface area contributed by atoms with E-state index < -0.39 is 16.9 Å². The van der Waals surface area contributed by atoms with E-state index in [2.05, 4.69) is 4.99 Å². The van der Waals surface area contributed by atoms with E-state index in [4.69, 9.17) is 14.2 Å². The number of thiazole rings is 1. The molecule has 186 valence electrons. The monoisotopic (exact) mass is 509 g/mol. The number of carbonyl (C=O) groups is 1. The van der Waals surface area contributed by atoms with Crippen molar-refractivity contribution in [2.75, 3.05) is 20.8 Å². The first-order chi connectivity index (χ1) is 17.3. The topological polar surface area (TPSA) is 122 Å². The number of esters is 1. The Hall–Kier alpha value is -4.25. The van der Waals surface area contributed by atoms with Gasteiger partial charge in [-0.25, -0.2) is 9.79 Å². The number of allylic oxidation sites excluding steroid dienone is 1. The molecule has 0 amide bonds. The van der Waals surface area contributed by atoms with Gasteiger partial charge in [0, 0.05) is 12.1 Å². The maximum Gasteiger partial charge on any atom is 0.338 e. The summed E-state index contributed by atoms with van der Waals surface area (Å²) in [6.07, 6.45) is 1.69. The van der Waals surface area contributed by atoms with Crippen LogP contribution in [-0.2, 0) is 9.53 Å². The predicted octanol–water partition coefficient (Wildman–Crippen LogP) is 2.72. The molecule has 0 fully saturated rings. The third kappa shape index (κ3) is 4.52. The van der Waals surface area contributed by atoms with Gasteiger partial charge < -0.3 is 14.2 Å². The number of non-ortho nitro benzene ring substituents is 1. The zero-order chi connectivity index (χ0) is 26.0. The summed E-state index contributed by atoms with van der Waals surface area (Å²) < 4.78 is 17.6. The molecule has 0 radical (unpaired) electrons. The average molecular weight is 510 g/mol. The van der Waals surface area contributed by atoms with E-state index in [1.54, 1.807) is 44.2 Å². The maximum atomic E-state index is 13.6. The number of benzene rings is 2. The van der Waals surface area contributed by atoms with E-state index in [1.165, 1.54) is 37.0 Å². The summed E-state index contributed by atoms with van der Waals surface area (Å²) in [6, 6.07) is 10.2. The van der Waals surface area contributed by atoms with Crippen molar-refractivity contribution in [3.05, 3.63) is 94.7 Å². The molecule has 0 N–H and O–H groups in total. The first-order valence-electron chi connectivity index (χ1n) is 10.9. The van der Waals surface area contributed by atoms with Crippen LogP contribution in [0, 0.1) is 10.1 Å². The van der Waals surface area contributed by atoms with E-state index in [9.17, 15) is 19.7 Å². The van der Waals surface area contributed by atoms with Crippen molar-refractivity contribution in [2.45, 2.75) is 19.9 Å². The molecule has 1 aliphatic rings. The first-order valence-corrected chi connectivity index (χ1v) is 11.8. The van der Waals surface area contributed by atoms with E-state index in [0.717, 1.165) is 11.3 Å². The third-order valence-electron chi connectivity index (χ3n) is 5.62. The van der Waals surface area contributed by atoms with Gasteiger partial charge in [0.2, 0.25) is 0 Å². The Morgan fingerprint density at radius 1 is 1.19 bits per heavy atom. The van der Waals surface area contributed by atoms with Gasteiger partial charge in [-0.3, -0.25) is 19.5 Å². The number of rotatable bonds is 7. The van der Waals surface area contributed by atoms with Crippen LogP contribution in [0.4, 0.5) is 5.69 Å². The fourth-order valence-corrected chi connectivity index (χ4v) is 5.06. The molecule has 3 aromatic rings. The lowest BCUT2D eigenvalue weighted by atomic mass is 9.95. The van der Waals surface area contributed by atoms with Crippen LogP contribution in [0.2, 0.25) is 0 Å². The fourth-order valence-electron chi connectivity index (χ4n) is 4.01. The maximum absolute atomic E-state index is 13.6. The van der Waals surface area contributed by atoms with Crippen LogP contribution in [0.15, 0.2) is 63.5 Å². The quantitative estimate of drug-likeness (QED) is 0.273. The molecule has 2 heterocycles. The van der Waals surface area contributed by atoms with Crippen molar-refractivity contribution in [1.29, 1.82) is 0 Å². The molecule has 0 saturated carbocycles. The summed E-state index contributed by atoms with van der Waals surface area (Å²) in [5, 5.41) is 11.4. The minimum absolute atomic E-state index is 0.126. The molecule has 1 atom stereocenters.